The quantitative estimate of drug-likeness (QED) is 0.442. The van der Waals surface area contributed by atoms with Gasteiger partial charge in [0.15, 0.2) is 0 Å². The van der Waals surface area contributed by atoms with Crippen LogP contribution in [0.15, 0.2) is 73.7 Å². The first-order valence-corrected chi connectivity index (χ1v) is 5.24. The summed E-state index contributed by atoms with van der Waals surface area (Å²) in [6.07, 6.45) is 10.8. The Morgan fingerprint density at radius 3 is 1.81 bits per heavy atom. The van der Waals surface area contributed by atoms with E-state index in [0.717, 1.165) is 10.9 Å². The monoisotopic (exact) mass is 214 g/mol. The summed E-state index contributed by atoms with van der Waals surface area (Å²) in [5.74, 6) is 0. The van der Waals surface area contributed by atoms with E-state index in [2.05, 4.69) is 26.3 Å². The first-order valence-electron chi connectivity index (χ1n) is 5.24. The minimum atomic E-state index is -0.183. The van der Waals surface area contributed by atoms with Crippen LogP contribution in [0.5, 0.6) is 0 Å². The maximum absolute atomic E-state index is 5.59. The van der Waals surface area contributed by atoms with E-state index in [1.807, 2.05) is 31.2 Å². The third kappa shape index (κ3) is 5.37. The van der Waals surface area contributed by atoms with Gasteiger partial charge in [-0.05, 0) is 6.92 Å². The van der Waals surface area contributed by atoms with Crippen molar-refractivity contribution < 1.29 is 4.65 Å². The normalized spacial score (nSPS) is 10.6. The molecule has 0 spiro atoms. The Balaban J connectivity index is 4.70. The Labute approximate surface area is 99.3 Å². The molecule has 0 aliphatic heterocycles. The zero-order valence-electron chi connectivity index (χ0n) is 9.99. The molecular formula is C14H19BO. The van der Waals surface area contributed by atoms with Crippen LogP contribution >= 0.6 is 0 Å². The largest absolute Gasteiger partial charge is 0.427 e. The van der Waals surface area contributed by atoms with E-state index in [0.29, 0.717) is 6.61 Å². The fourth-order valence-corrected chi connectivity index (χ4v) is 1.18. The highest BCUT2D eigenvalue weighted by Crippen LogP contribution is 2.12. The van der Waals surface area contributed by atoms with E-state index in [1.54, 1.807) is 12.2 Å². The number of hydrogen-bond acceptors (Lipinski definition) is 1. The lowest BCUT2D eigenvalue weighted by Crippen LogP contribution is -2.22. The van der Waals surface area contributed by atoms with Crippen LogP contribution in [0.4, 0.5) is 0 Å². The molecule has 1 nitrogen and oxygen atoms in total. The molecule has 0 saturated carbocycles. The molecule has 0 rings (SSSR count). The van der Waals surface area contributed by atoms with E-state index in [4.69, 9.17) is 4.65 Å². The van der Waals surface area contributed by atoms with Gasteiger partial charge in [-0.1, -0.05) is 60.6 Å². The number of hydrogen-bond donors (Lipinski definition) is 0. The summed E-state index contributed by atoms with van der Waals surface area (Å²) in [7, 11) is 0. The smallest absolute Gasteiger partial charge is 0.360 e. The van der Waals surface area contributed by atoms with Crippen molar-refractivity contribution in [1.82, 2.24) is 0 Å². The van der Waals surface area contributed by atoms with Crippen LogP contribution < -0.4 is 0 Å². The zero-order valence-corrected chi connectivity index (χ0v) is 9.99. The average molecular weight is 214 g/mol. The molecule has 84 valence electrons. The Kier molecular flexibility index (Phi) is 7.91. The fraction of sp³-hybridized carbons (Fsp3) is 0.143. The molecule has 0 unspecified atom stereocenters. The Hall–Kier alpha value is -1.54. The predicted octanol–water partition coefficient (Wildman–Crippen LogP) is 3.69. The van der Waals surface area contributed by atoms with Crippen molar-refractivity contribution in [3.05, 3.63) is 73.7 Å². The van der Waals surface area contributed by atoms with Gasteiger partial charge in [-0.2, -0.15) is 0 Å². The van der Waals surface area contributed by atoms with Crippen LogP contribution in [0.1, 0.15) is 6.92 Å². The number of allylic oxidation sites excluding steroid dienone is 8. The molecule has 0 aromatic heterocycles. The molecule has 0 saturated heterocycles. The fourth-order valence-electron chi connectivity index (χ4n) is 1.18. The van der Waals surface area contributed by atoms with E-state index in [-0.39, 0.29) is 6.92 Å². The summed E-state index contributed by atoms with van der Waals surface area (Å²) >= 11 is 0. The van der Waals surface area contributed by atoms with Crippen LogP contribution in [0.25, 0.3) is 0 Å². The van der Waals surface area contributed by atoms with Crippen LogP contribution in [-0.4, -0.2) is 13.5 Å². The van der Waals surface area contributed by atoms with Gasteiger partial charge in [-0.15, -0.1) is 13.2 Å². The maximum Gasteiger partial charge on any atom is 0.360 e. The van der Waals surface area contributed by atoms with Gasteiger partial charge >= 0.3 is 6.92 Å². The standard InChI is InChI=1S/C14H19BO/c1-6-9-11-13(4)15(16-8-3)14(5)12-10-7-2/h6-7,9-12H,1-2,4-5,8H2,3H3/b11-9-,12-10-. The summed E-state index contributed by atoms with van der Waals surface area (Å²) in [6.45, 7) is 17.5. The van der Waals surface area contributed by atoms with Gasteiger partial charge in [-0.3, -0.25) is 0 Å². The summed E-state index contributed by atoms with van der Waals surface area (Å²) in [5.41, 5.74) is 1.72. The molecule has 0 aromatic carbocycles. The Morgan fingerprint density at radius 2 is 1.50 bits per heavy atom. The second kappa shape index (κ2) is 8.75. The van der Waals surface area contributed by atoms with E-state index in [9.17, 15) is 0 Å². The molecule has 16 heavy (non-hydrogen) atoms. The second-order valence-corrected chi connectivity index (χ2v) is 3.17. The molecule has 0 radical (unpaired) electrons. The van der Waals surface area contributed by atoms with Crippen molar-refractivity contribution in [1.29, 1.82) is 0 Å². The SMILES string of the molecule is C=C/C=C\C(=C)B(OCC)C(=C)/C=C\C=C. The minimum Gasteiger partial charge on any atom is -0.427 e. The van der Waals surface area contributed by atoms with Crippen molar-refractivity contribution >= 4 is 6.92 Å². The predicted molar refractivity (Wildman–Crippen MR) is 74.3 cm³/mol. The molecule has 0 aliphatic carbocycles. The van der Waals surface area contributed by atoms with Gasteiger partial charge in [-0.25, -0.2) is 0 Å². The molecule has 0 amide bonds. The van der Waals surface area contributed by atoms with Crippen LogP contribution in [0.2, 0.25) is 0 Å². The van der Waals surface area contributed by atoms with Gasteiger partial charge < -0.3 is 4.65 Å². The third-order valence-corrected chi connectivity index (χ3v) is 1.90. The van der Waals surface area contributed by atoms with Gasteiger partial charge in [0.05, 0.1) is 0 Å². The Bertz CT molecular complexity index is 294. The maximum atomic E-state index is 5.59. The Morgan fingerprint density at radius 1 is 1.06 bits per heavy atom. The van der Waals surface area contributed by atoms with E-state index in [1.165, 1.54) is 0 Å². The zero-order chi connectivity index (χ0) is 12.4. The molecule has 0 N–H and O–H groups in total. The molecule has 2 heteroatoms. The summed E-state index contributed by atoms with van der Waals surface area (Å²) in [4.78, 5) is 0. The molecule has 0 aromatic rings. The summed E-state index contributed by atoms with van der Waals surface area (Å²) in [5, 5.41) is 0. The third-order valence-electron chi connectivity index (χ3n) is 1.90. The highest BCUT2D eigenvalue weighted by molar-refractivity contribution is 6.69. The van der Waals surface area contributed by atoms with Crippen molar-refractivity contribution in [2.24, 2.45) is 0 Å². The van der Waals surface area contributed by atoms with Gasteiger partial charge in [0, 0.05) is 6.61 Å². The number of rotatable bonds is 8. The van der Waals surface area contributed by atoms with Crippen molar-refractivity contribution in [2.75, 3.05) is 6.61 Å². The lowest BCUT2D eigenvalue weighted by Gasteiger charge is -2.13. The summed E-state index contributed by atoms with van der Waals surface area (Å²) in [6, 6.07) is 0. The van der Waals surface area contributed by atoms with E-state index >= 15 is 0 Å². The van der Waals surface area contributed by atoms with E-state index < -0.39 is 0 Å². The second-order valence-electron chi connectivity index (χ2n) is 3.17. The van der Waals surface area contributed by atoms with Crippen molar-refractivity contribution in [2.45, 2.75) is 6.92 Å². The molecule has 0 bridgehead atoms. The van der Waals surface area contributed by atoms with Crippen LogP contribution in [0, 0.1) is 0 Å². The first kappa shape index (κ1) is 14.5. The molecule has 0 atom stereocenters. The topological polar surface area (TPSA) is 9.23 Å². The summed E-state index contributed by atoms with van der Waals surface area (Å²) < 4.78 is 5.59. The van der Waals surface area contributed by atoms with Crippen molar-refractivity contribution in [3.8, 4) is 0 Å². The van der Waals surface area contributed by atoms with Crippen molar-refractivity contribution in [3.63, 3.8) is 0 Å². The minimum absolute atomic E-state index is 0.183. The van der Waals surface area contributed by atoms with Gasteiger partial charge in [0.1, 0.15) is 0 Å². The van der Waals surface area contributed by atoms with Crippen LogP contribution in [-0.2, 0) is 4.65 Å². The molecule has 0 fully saturated rings. The molecule has 0 aliphatic rings. The molecular weight excluding hydrogens is 195 g/mol. The van der Waals surface area contributed by atoms with Crippen LogP contribution in [0.3, 0.4) is 0 Å². The van der Waals surface area contributed by atoms with Gasteiger partial charge in [0.25, 0.3) is 0 Å². The average Bonchev–Trinajstić information content (AvgIpc) is 2.29. The first-order chi connectivity index (χ1) is 7.67. The lowest BCUT2D eigenvalue weighted by molar-refractivity contribution is 0.354. The molecule has 0 heterocycles. The lowest BCUT2D eigenvalue weighted by atomic mass is 9.54. The highest BCUT2D eigenvalue weighted by atomic mass is 16.4. The van der Waals surface area contributed by atoms with Gasteiger partial charge in [0.2, 0.25) is 0 Å². The highest BCUT2D eigenvalue weighted by Gasteiger charge is 2.19.